The van der Waals surface area contributed by atoms with Gasteiger partial charge in [-0.2, -0.15) is 0 Å². The number of hydrogen-bond donors (Lipinski definition) is 4. The van der Waals surface area contributed by atoms with E-state index >= 15 is 0 Å². The lowest BCUT2D eigenvalue weighted by Gasteiger charge is -2.06. The summed E-state index contributed by atoms with van der Waals surface area (Å²) in [7, 11) is -1.22. The minimum absolute atomic E-state index is 0.123. The first kappa shape index (κ1) is 36.8. The van der Waals surface area contributed by atoms with Gasteiger partial charge in [-0.15, -0.1) is 0 Å². The maximum Gasteiger partial charge on any atom is 0.272 e. The molecular weight excluding hydrogens is 804 g/mol. The van der Waals surface area contributed by atoms with Crippen LogP contribution in [0.4, 0.5) is 0 Å². The summed E-state index contributed by atoms with van der Waals surface area (Å²) in [6.45, 7) is 0. The Balaban J connectivity index is 0.000000161. The molecule has 4 N–H and O–H groups in total. The van der Waals surface area contributed by atoms with E-state index in [1.165, 1.54) is 0 Å². The number of hydrogen-bond acceptors (Lipinski definition) is 6. The van der Waals surface area contributed by atoms with Gasteiger partial charge in [0.05, 0.1) is 44.2 Å². The third-order valence-corrected chi connectivity index (χ3v) is 8.13. The Morgan fingerprint density at radius 1 is 0.500 bits per heavy atom. The van der Waals surface area contributed by atoms with E-state index in [1.807, 2.05) is 97.1 Å². The Morgan fingerprint density at radius 2 is 0.820 bits per heavy atom. The molecule has 0 saturated carbocycles. The van der Waals surface area contributed by atoms with Crippen molar-refractivity contribution in [1.82, 2.24) is 30.4 Å². The largest absolute Gasteiger partial charge is 0.295 e. The van der Waals surface area contributed by atoms with Crippen LogP contribution >= 0.6 is 31.9 Å². The molecule has 14 heteroatoms. The number of aromatic nitrogens is 6. The van der Waals surface area contributed by atoms with E-state index in [0.29, 0.717) is 10.8 Å². The van der Waals surface area contributed by atoms with Crippen LogP contribution in [0.3, 0.4) is 0 Å². The smallest absolute Gasteiger partial charge is 0.272 e. The Bertz CT molecular complexity index is 2410. The van der Waals surface area contributed by atoms with E-state index in [9.17, 15) is 18.0 Å². The van der Waals surface area contributed by atoms with Crippen LogP contribution in [0.25, 0.3) is 66.1 Å². The number of para-hydroxylation sites is 2. The topological polar surface area (TPSA) is 157 Å². The van der Waals surface area contributed by atoms with Crippen molar-refractivity contribution in [2.75, 3.05) is 25.0 Å². The van der Waals surface area contributed by atoms with Gasteiger partial charge in [0, 0.05) is 77.5 Å². The highest BCUT2D eigenvalue weighted by Crippen LogP contribution is 2.31. The Kier molecular flexibility index (Phi) is 12.1. The van der Waals surface area contributed by atoms with Gasteiger partial charge in [-0.3, -0.25) is 38.4 Å². The van der Waals surface area contributed by atoms with E-state index in [2.05, 4.69) is 52.3 Å². The van der Waals surface area contributed by atoms with Gasteiger partial charge in [0.25, 0.3) is 11.1 Å². The van der Waals surface area contributed by atoms with Crippen molar-refractivity contribution >= 4 is 97.1 Å². The van der Waals surface area contributed by atoms with Crippen molar-refractivity contribution in [2.45, 2.75) is 0 Å². The number of aromatic amines is 4. The second kappa shape index (κ2) is 16.5. The summed E-state index contributed by atoms with van der Waals surface area (Å²) in [4.78, 5) is 33.6. The predicted octanol–water partition coefficient (Wildman–Crippen LogP) is 7.66. The molecule has 0 aliphatic heterocycles. The van der Waals surface area contributed by atoms with Crippen molar-refractivity contribution < 1.29 is 8.42 Å². The van der Waals surface area contributed by atoms with Gasteiger partial charge in [-0.1, -0.05) is 92.5 Å². The summed E-state index contributed by atoms with van der Waals surface area (Å²) in [6, 6.07) is 31.1. The summed E-state index contributed by atoms with van der Waals surface area (Å²) in [5, 5.41) is 14.2. The molecule has 0 aliphatic carbocycles. The second-order valence-corrected chi connectivity index (χ2v) is 15.9. The molecule has 8 rings (SSSR count). The highest BCUT2D eigenvalue weighted by molar-refractivity contribution is 9.10. The number of halogens is 2. The van der Waals surface area contributed by atoms with Crippen molar-refractivity contribution in [3.05, 3.63) is 127 Å². The number of H-pyrrole nitrogens is 4. The quantitative estimate of drug-likeness (QED) is 0.140. The van der Waals surface area contributed by atoms with Crippen LogP contribution in [0, 0.1) is 0 Å². The van der Waals surface area contributed by atoms with Crippen molar-refractivity contribution in [1.29, 1.82) is 0 Å². The van der Waals surface area contributed by atoms with E-state index in [1.54, 1.807) is 25.0 Å². The highest BCUT2D eigenvalue weighted by atomic mass is 79.9. The number of benzene rings is 4. The maximum absolute atomic E-state index is 12.1. The third-order valence-electron chi connectivity index (χ3n) is 7.08. The molecule has 8 aromatic rings. The van der Waals surface area contributed by atoms with Gasteiger partial charge in [0.15, 0.2) is 0 Å². The molecule has 0 fully saturated rings. The molecule has 0 unspecified atom stereocenters. The lowest BCUT2D eigenvalue weighted by atomic mass is 10.1. The van der Waals surface area contributed by atoms with Gasteiger partial charge in [0.1, 0.15) is 0 Å². The molecule has 0 amide bonds. The van der Waals surface area contributed by atoms with Crippen molar-refractivity contribution in [2.24, 2.45) is 0 Å². The molecule has 0 aliphatic rings. The van der Waals surface area contributed by atoms with Gasteiger partial charge in [-0.05, 0) is 36.4 Å². The van der Waals surface area contributed by atoms with Crippen molar-refractivity contribution in [3.63, 3.8) is 0 Å². The average molecular weight is 837 g/mol. The minimum Gasteiger partial charge on any atom is -0.295 e. The molecule has 0 spiro atoms. The summed E-state index contributed by atoms with van der Waals surface area (Å²) in [6.07, 6.45) is 6.56. The predicted molar refractivity (Wildman–Crippen MR) is 215 cm³/mol. The first-order valence-electron chi connectivity index (χ1n) is 14.9. The standard InChI is InChI=1S/2C16H10BrN3O.2C2H6OS/c2*17-10-7-5-9(6-8-10)14-15-13(16(21)20-19-15)11-3-1-2-4-12(11)18-14;2*1-4(2)3/h2*1-8H,(H2,19,20,21);2*1-2H3. The molecule has 50 heavy (non-hydrogen) atoms. The van der Waals surface area contributed by atoms with Crippen LogP contribution < -0.4 is 11.1 Å². The highest BCUT2D eigenvalue weighted by Gasteiger charge is 2.15. The molecule has 4 aromatic carbocycles. The third kappa shape index (κ3) is 8.62. The SMILES string of the molecule is CS(C)=O.CS(C)=O.O=c1[nH][nH]c2c(-c3ccc(Br)cc3)nc3ccccc3c12.O=c1[nH][nH]c2c(-c3ccc(Br)cc3)nc3ccccc3c12. The van der Waals surface area contributed by atoms with Gasteiger partial charge in [0.2, 0.25) is 0 Å². The number of fused-ring (bicyclic) bond motifs is 6. The molecule has 0 radical (unpaired) electrons. The fraction of sp³-hybridized carbons (Fsp3) is 0.111. The van der Waals surface area contributed by atoms with E-state index in [-0.39, 0.29) is 11.1 Å². The fourth-order valence-electron chi connectivity index (χ4n) is 5.14. The van der Waals surface area contributed by atoms with Crippen molar-refractivity contribution in [3.8, 4) is 22.5 Å². The number of nitrogens with one attached hydrogen (secondary N) is 4. The number of nitrogens with zero attached hydrogens (tertiary/aromatic N) is 2. The van der Waals surface area contributed by atoms with Gasteiger partial charge >= 0.3 is 0 Å². The molecule has 256 valence electrons. The summed E-state index contributed by atoms with van der Waals surface area (Å²) < 4.78 is 21.1. The Labute approximate surface area is 308 Å². The Hall–Kier alpha value is -4.50. The zero-order valence-electron chi connectivity index (χ0n) is 27.3. The molecule has 0 bridgehead atoms. The molecular formula is C36H32Br2N6O4S2. The maximum atomic E-state index is 12.1. The normalized spacial score (nSPS) is 10.9. The molecule has 0 atom stereocenters. The second-order valence-electron chi connectivity index (χ2n) is 11.1. The average Bonchev–Trinajstić information content (AvgIpc) is 3.68. The minimum atomic E-state index is -0.611. The van der Waals surface area contributed by atoms with E-state index in [0.717, 1.165) is 64.3 Å². The Morgan fingerprint density at radius 3 is 1.16 bits per heavy atom. The molecule has 4 heterocycles. The molecule has 4 aromatic heterocycles. The summed E-state index contributed by atoms with van der Waals surface area (Å²) >= 11 is 6.85. The van der Waals surface area contributed by atoms with Crippen LogP contribution in [0.1, 0.15) is 0 Å². The van der Waals surface area contributed by atoms with Crippen LogP contribution in [-0.2, 0) is 21.6 Å². The lowest BCUT2D eigenvalue weighted by molar-refractivity contribution is 0.689. The van der Waals surface area contributed by atoms with Crippen LogP contribution in [0.2, 0.25) is 0 Å². The van der Waals surface area contributed by atoms with Gasteiger partial charge in [-0.25, -0.2) is 9.97 Å². The first-order valence-corrected chi connectivity index (χ1v) is 20.5. The fourth-order valence-corrected chi connectivity index (χ4v) is 5.66. The molecule has 10 nitrogen and oxygen atoms in total. The zero-order chi connectivity index (χ0) is 35.9. The molecule has 0 saturated heterocycles. The van der Waals surface area contributed by atoms with Gasteiger partial charge < -0.3 is 0 Å². The van der Waals surface area contributed by atoms with E-state index in [4.69, 9.17) is 9.97 Å². The summed E-state index contributed by atoms with van der Waals surface area (Å²) in [5.41, 5.74) is 6.32. The number of rotatable bonds is 2. The first-order chi connectivity index (χ1) is 23.9. The van der Waals surface area contributed by atoms with Crippen LogP contribution in [0.15, 0.2) is 116 Å². The van der Waals surface area contributed by atoms with E-state index < -0.39 is 21.6 Å². The monoisotopic (exact) mass is 834 g/mol. The zero-order valence-corrected chi connectivity index (χ0v) is 32.1. The number of pyridine rings is 2. The van der Waals surface area contributed by atoms with Crippen LogP contribution in [0.5, 0.6) is 0 Å². The van der Waals surface area contributed by atoms with Crippen LogP contribution in [-0.4, -0.2) is 63.8 Å². The summed E-state index contributed by atoms with van der Waals surface area (Å²) in [5.74, 6) is 0. The lowest BCUT2D eigenvalue weighted by Crippen LogP contribution is -1.99.